The average Bonchev–Trinajstić information content (AvgIpc) is 3.22. The van der Waals surface area contributed by atoms with Gasteiger partial charge in [-0.2, -0.15) is 0 Å². The van der Waals surface area contributed by atoms with Crippen LogP contribution in [0.5, 0.6) is 5.75 Å². The highest BCUT2D eigenvalue weighted by atomic mass is 32.2. The van der Waals surface area contributed by atoms with Crippen LogP contribution in [0.1, 0.15) is 17.8 Å². The lowest BCUT2D eigenvalue weighted by molar-refractivity contribution is 0.318. The van der Waals surface area contributed by atoms with E-state index in [4.69, 9.17) is 4.74 Å². The van der Waals surface area contributed by atoms with Gasteiger partial charge in [0.1, 0.15) is 11.6 Å². The van der Waals surface area contributed by atoms with E-state index in [2.05, 4.69) is 58.1 Å². The molecular formula is C25H25N3OS2. The Morgan fingerprint density at radius 1 is 0.806 bits per heavy atom. The Hall–Kier alpha value is -2.70. The lowest BCUT2D eigenvalue weighted by Gasteiger charge is -2.10. The highest BCUT2D eigenvalue weighted by Crippen LogP contribution is 2.27. The summed E-state index contributed by atoms with van der Waals surface area (Å²) in [5, 5.41) is 9.93. The van der Waals surface area contributed by atoms with Crippen LogP contribution >= 0.6 is 23.5 Å². The Labute approximate surface area is 192 Å². The van der Waals surface area contributed by atoms with Crippen LogP contribution in [0, 0.1) is 6.92 Å². The molecule has 0 radical (unpaired) electrons. The van der Waals surface area contributed by atoms with Crippen molar-refractivity contribution in [3.05, 3.63) is 96.3 Å². The van der Waals surface area contributed by atoms with Crippen LogP contribution in [0.25, 0.3) is 5.69 Å². The predicted molar refractivity (Wildman–Crippen MR) is 129 cm³/mol. The fraction of sp³-hybridized carbons (Fsp3) is 0.200. The van der Waals surface area contributed by atoms with E-state index >= 15 is 0 Å². The molecule has 0 N–H and O–H groups in total. The number of rotatable bonds is 10. The van der Waals surface area contributed by atoms with Gasteiger partial charge in [-0.3, -0.25) is 4.57 Å². The summed E-state index contributed by atoms with van der Waals surface area (Å²) in [5.41, 5.74) is 2.36. The molecule has 1 heterocycles. The van der Waals surface area contributed by atoms with Crippen molar-refractivity contribution in [2.75, 3.05) is 12.4 Å². The van der Waals surface area contributed by atoms with Gasteiger partial charge in [0.15, 0.2) is 5.16 Å². The van der Waals surface area contributed by atoms with E-state index in [1.54, 1.807) is 23.5 Å². The number of hydrogen-bond donors (Lipinski definition) is 0. The minimum atomic E-state index is 0.687. The lowest BCUT2D eigenvalue weighted by Crippen LogP contribution is -2.03. The second-order valence-corrected chi connectivity index (χ2v) is 9.15. The van der Waals surface area contributed by atoms with Gasteiger partial charge in [0.05, 0.1) is 12.4 Å². The molecule has 4 nitrogen and oxygen atoms in total. The zero-order valence-electron chi connectivity index (χ0n) is 17.5. The molecule has 4 aromatic rings. The van der Waals surface area contributed by atoms with Crippen LogP contribution in [0.2, 0.25) is 0 Å². The molecule has 0 aliphatic rings. The Morgan fingerprint density at radius 2 is 1.52 bits per heavy atom. The van der Waals surface area contributed by atoms with E-state index in [1.807, 2.05) is 48.5 Å². The Kier molecular flexibility index (Phi) is 7.69. The maximum absolute atomic E-state index is 5.80. The lowest BCUT2D eigenvalue weighted by atomic mass is 10.2. The third kappa shape index (κ3) is 6.15. The van der Waals surface area contributed by atoms with Crippen molar-refractivity contribution in [2.45, 2.75) is 29.1 Å². The first-order valence-corrected chi connectivity index (χ1v) is 12.3. The van der Waals surface area contributed by atoms with Crippen molar-refractivity contribution in [2.24, 2.45) is 0 Å². The van der Waals surface area contributed by atoms with Gasteiger partial charge in [0.25, 0.3) is 0 Å². The number of ether oxygens (including phenoxy) is 1. The monoisotopic (exact) mass is 447 g/mol. The molecule has 4 rings (SSSR count). The summed E-state index contributed by atoms with van der Waals surface area (Å²) < 4.78 is 7.97. The zero-order valence-corrected chi connectivity index (χ0v) is 19.1. The normalized spacial score (nSPS) is 10.9. The first-order valence-electron chi connectivity index (χ1n) is 10.3. The first kappa shape index (κ1) is 21.5. The predicted octanol–water partition coefficient (Wildman–Crippen LogP) is 6.43. The molecular weight excluding hydrogens is 422 g/mol. The van der Waals surface area contributed by atoms with Gasteiger partial charge in [0.2, 0.25) is 0 Å². The van der Waals surface area contributed by atoms with Crippen molar-refractivity contribution in [1.82, 2.24) is 14.8 Å². The van der Waals surface area contributed by atoms with Gasteiger partial charge in [-0.05, 0) is 49.7 Å². The topological polar surface area (TPSA) is 39.9 Å². The molecule has 31 heavy (non-hydrogen) atoms. The minimum absolute atomic E-state index is 0.687. The fourth-order valence-corrected chi connectivity index (χ4v) is 4.73. The smallest absolute Gasteiger partial charge is 0.195 e. The number of benzene rings is 3. The number of thioether (sulfide) groups is 2. The second kappa shape index (κ2) is 11.1. The summed E-state index contributed by atoms with van der Waals surface area (Å²) in [7, 11) is 0. The van der Waals surface area contributed by atoms with Gasteiger partial charge in [-0.25, -0.2) is 0 Å². The number of nitrogens with zero attached hydrogens (tertiary/aromatic N) is 3. The summed E-state index contributed by atoms with van der Waals surface area (Å²) in [4.78, 5) is 1.24. The van der Waals surface area contributed by atoms with Crippen LogP contribution in [-0.4, -0.2) is 27.1 Å². The van der Waals surface area contributed by atoms with Gasteiger partial charge in [-0.1, -0.05) is 65.9 Å². The summed E-state index contributed by atoms with van der Waals surface area (Å²) >= 11 is 3.50. The number of aromatic nitrogens is 3. The molecule has 0 atom stereocenters. The number of aryl methyl sites for hydroxylation is 1. The van der Waals surface area contributed by atoms with E-state index < -0.39 is 0 Å². The maximum Gasteiger partial charge on any atom is 0.195 e. The highest BCUT2D eigenvalue weighted by molar-refractivity contribution is 7.99. The highest BCUT2D eigenvalue weighted by Gasteiger charge is 2.14. The summed E-state index contributed by atoms with van der Waals surface area (Å²) in [6, 6.07) is 28.9. The van der Waals surface area contributed by atoms with Gasteiger partial charge in [0, 0.05) is 16.3 Å². The second-order valence-electron chi connectivity index (χ2n) is 7.04. The quantitative estimate of drug-likeness (QED) is 0.207. The maximum atomic E-state index is 5.80. The van der Waals surface area contributed by atoms with Crippen molar-refractivity contribution in [3.63, 3.8) is 0 Å². The molecule has 0 fully saturated rings. The molecule has 0 amide bonds. The van der Waals surface area contributed by atoms with Crippen molar-refractivity contribution < 1.29 is 4.74 Å². The summed E-state index contributed by atoms with van der Waals surface area (Å²) in [6.45, 7) is 2.79. The Bertz CT molecular complexity index is 1070. The molecule has 0 saturated heterocycles. The van der Waals surface area contributed by atoms with Crippen molar-refractivity contribution in [1.29, 1.82) is 0 Å². The third-order valence-electron chi connectivity index (χ3n) is 4.64. The van der Waals surface area contributed by atoms with E-state index in [9.17, 15) is 0 Å². The van der Waals surface area contributed by atoms with Crippen LogP contribution in [0.3, 0.4) is 0 Å². The van der Waals surface area contributed by atoms with Crippen LogP contribution in [-0.2, 0) is 5.75 Å². The summed E-state index contributed by atoms with van der Waals surface area (Å²) in [6.07, 6.45) is 0.939. The molecule has 3 aromatic carbocycles. The van der Waals surface area contributed by atoms with Gasteiger partial charge < -0.3 is 4.74 Å². The van der Waals surface area contributed by atoms with E-state index in [-0.39, 0.29) is 0 Å². The third-order valence-corrected chi connectivity index (χ3v) is 6.66. The standard InChI is InChI=1S/C25H25N3OS2/c1-20-13-15-23(16-14-20)31-19-24-26-27-25(28(24)21-9-4-2-5-10-21)30-18-8-17-29-22-11-6-3-7-12-22/h2-7,9-16H,8,17-19H2,1H3. The fourth-order valence-electron chi connectivity index (χ4n) is 3.04. The molecule has 1 aromatic heterocycles. The Balaban J connectivity index is 1.40. The van der Waals surface area contributed by atoms with Gasteiger partial charge in [-0.15, -0.1) is 22.0 Å². The van der Waals surface area contributed by atoms with E-state index in [1.165, 1.54) is 10.5 Å². The van der Waals surface area contributed by atoms with Crippen molar-refractivity contribution >= 4 is 23.5 Å². The summed E-state index contributed by atoms with van der Waals surface area (Å²) in [5.74, 6) is 3.56. The number of hydrogen-bond acceptors (Lipinski definition) is 5. The largest absolute Gasteiger partial charge is 0.494 e. The van der Waals surface area contributed by atoms with E-state index in [0.717, 1.165) is 40.3 Å². The Morgan fingerprint density at radius 3 is 2.26 bits per heavy atom. The average molecular weight is 448 g/mol. The van der Waals surface area contributed by atoms with Crippen LogP contribution in [0.15, 0.2) is 95.0 Å². The van der Waals surface area contributed by atoms with Crippen molar-refractivity contribution in [3.8, 4) is 11.4 Å². The molecule has 6 heteroatoms. The van der Waals surface area contributed by atoms with Crippen LogP contribution < -0.4 is 4.74 Å². The zero-order chi connectivity index (χ0) is 21.3. The minimum Gasteiger partial charge on any atom is -0.494 e. The molecule has 0 bridgehead atoms. The number of para-hydroxylation sites is 2. The van der Waals surface area contributed by atoms with Gasteiger partial charge >= 0.3 is 0 Å². The molecule has 0 spiro atoms. The SMILES string of the molecule is Cc1ccc(SCc2nnc(SCCCOc3ccccc3)n2-c2ccccc2)cc1. The first-order chi connectivity index (χ1) is 15.3. The molecule has 0 aliphatic carbocycles. The molecule has 0 unspecified atom stereocenters. The molecule has 158 valence electrons. The van der Waals surface area contributed by atoms with E-state index in [0.29, 0.717) is 6.61 Å². The van der Waals surface area contributed by atoms with Crippen LogP contribution in [0.4, 0.5) is 0 Å². The molecule has 0 aliphatic heterocycles. The molecule has 0 saturated carbocycles.